The molecule has 0 N–H and O–H groups in total. The Balaban J connectivity index is -0.000000207. The van der Waals surface area contributed by atoms with Gasteiger partial charge in [-0.05, 0) is 5.41 Å². The molecule has 1 aromatic carbocycles. The van der Waals surface area contributed by atoms with Crippen molar-refractivity contribution in [3.05, 3.63) is 49.7 Å². The van der Waals surface area contributed by atoms with E-state index in [2.05, 4.69) is 34.6 Å². The molecule has 0 bridgehead atoms. The standard InChI is InChI=1S/C8H17.C7H7.ClH.Mg/c1-5-6-7-8(2,3)4;1-7-5-3-2-4-6-7;;/h1,5-7H2,2-4H3;2-6H,1H2;1H;/q2*-1;;+2. The zero-order chi connectivity index (χ0) is 11.7. The number of halogens is 1. The van der Waals surface area contributed by atoms with Crippen LogP contribution in [-0.2, 0) is 0 Å². The Kier molecular flexibility index (Phi) is 16.6. The predicted molar refractivity (Wildman–Crippen MR) is 82.6 cm³/mol. The van der Waals surface area contributed by atoms with Crippen LogP contribution in [0.5, 0.6) is 0 Å². The largest absolute Gasteiger partial charge is 2.00 e. The molecule has 0 aromatic heterocycles. The second-order valence-electron chi connectivity index (χ2n) is 5.00. The molecule has 1 rings (SSSR count). The van der Waals surface area contributed by atoms with Gasteiger partial charge in [-0.15, -0.1) is 24.5 Å². The molecule has 1 aromatic rings. The van der Waals surface area contributed by atoms with Crippen LogP contribution in [0.4, 0.5) is 0 Å². The minimum Gasteiger partial charge on any atom is -0.343 e. The summed E-state index contributed by atoms with van der Waals surface area (Å²) < 4.78 is 0. The third kappa shape index (κ3) is 18.7. The molecule has 0 fully saturated rings. The van der Waals surface area contributed by atoms with Crippen molar-refractivity contribution in [2.75, 3.05) is 0 Å². The zero-order valence-corrected chi connectivity index (χ0v) is 13.8. The predicted octanol–water partition coefficient (Wildman–Crippen LogP) is 4.95. The second kappa shape index (κ2) is 12.6. The Morgan fingerprint density at radius 3 is 1.71 bits per heavy atom. The molecule has 0 aliphatic heterocycles. The van der Waals surface area contributed by atoms with E-state index >= 15 is 0 Å². The average Bonchev–Trinajstić information content (AvgIpc) is 2.16. The molecule has 0 spiro atoms. The first-order chi connectivity index (χ1) is 6.95. The van der Waals surface area contributed by atoms with Crippen LogP contribution < -0.4 is 0 Å². The van der Waals surface area contributed by atoms with E-state index in [-0.39, 0.29) is 35.5 Å². The molecule has 17 heavy (non-hydrogen) atoms. The fourth-order valence-electron chi connectivity index (χ4n) is 1.13. The normalized spacial score (nSPS) is 9.18. The van der Waals surface area contributed by atoms with Gasteiger partial charge in [-0.1, -0.05) is 39.7 Å². The minimum atomic E-state index is 0. The molecule has 0 aliphatic rings. The first kappa shape index (κ1) is 22.3. The van der Waals surface area contributed by atoms with Crippen LogP contribution in [0.3, 0.4) is 0 Å². The quantitative estimate of drug-likeness (QED) is 0.524. The van der Waals surface area contributed by atoms with Gasteiger partial charge in [0.15, 0.2) is 0 Å². The summed E-state index contributed by atoms with van der Waals surface area (Å²) in [6.07, 6.45) is 3.65. The Labute approximate surface area is 130 Å². The van der Waals surface area contributed by atoms with E-state index in [0.29, 0.717) is 5.41 Å². The molecule has 2 heteroatoms. The molecule has 0 saturated heterocycles. The van der Waals surface area contributed by atoms with Crippen molar-refractivity contribution in [2.45, 2.75) is 40.0 Å². The van der Waals surface area contributed by atoms with E-state index in [0.717, 1.165) is 12.0 Å². The smallest absolute Gasteiger partial charge is 0.343 e. The summed E-state index contributed by atoms with van der Waals surface area (Å²) in [5.74, 6) is 0. The van der Waals surface area contributed by atoms with Gasteiger partial charge in [-0.2, -0.15) is 31.0 Å². The van der Waals surface area contributed by atoms with Gasteiger partial charge in [0.25, 0.3) is 0 Å². The average molecular weight is 265 g/mol. The maximum absolute atomic E-state index is 3.79. The van der Waals surface area contributed by atoms with Crippen LogP contribution in [0.2, 0.25) is 0 Å². The van der Waals surface area contributed by atoms with Crippen LogP contribution >= 0.6 is 12.4 Å². The number of unbranched alkanes of at least 4 members (excludes halogenated alkanes) is 1. The molecule has 0 nitrogen and oxygen atoms in total. The van der Waals surface area contributed by atoms with Gasteiger partial charge < -0.3 is 6.92 Å². The maximum atomic E-state index is 3.79. The molecular formula is C15H25ClMg. The van der Waals surface area contributed by atoms with Crippen molar-refractivity contribution in [3.8, 4) is 0 Å². The van der Waals surface area contributed by atoms with Gasteiger partial charge in [-0.25, -0.2) is 0 Å². The Morgan fingerprint density at radius 2 is 1.53 bits per heavy atom. The minimum absolute atomic E-state index is 0. The third-order valence-electron chi connectivity index (χ3n) is 2.02. The molecule has 0 atom stereocenters. The number of hydrogen-bond acceptors (Lipinski definition) is 0. The van der Waals surface area contributed by atoms with E-state index in [1.165, 1.54) is 12.8 Å². The molecule has 94 valence electrons. The first-order valence-corrected chi connectivity index (χ1v) is 5.62. The molecule has 0 aliphatic carbocycles. The molecule has 0 heterocycles. The van der Waals surface area contributed by atoms with E-state index in [1.807, 2.05) is 30.3 Å². The molecule has 0 unspecified atom stereocenters. The second-order valence-corrected chi connectivity index (χ2v) is 5.00. The fourth-order valence-corrected chi connectivity index (χ4v) is 1.13. The summed E-state index contributed by atoms with van der Waals surface area (Å²) >= 11 is 0. The fraction of sp³-hybridized carbons (Fsp3) is 0.467. The van der Waals surface area contributed by atoms with Crippen LogP contribution in [0.25, 0.3) is 0 Å². The zero-order valence-electron chi connectivity index (χ0n) is 11.5. The Hall–Kier alpha value is 0.146. The van der Waals surface area contributed by atoms with E-state index in [9.17, 15) is 0 Å². The molecule has 0 saturated carbocycles. The van der Waals surface area contributed by atoms with Gasteiger partial charge in [0, 0.05) is 0 Å². The number of rotatable bonds is 2. The van der Waals surface area contributed by atoms with E-state index in [1.54, 1.807) is 0 Å². The van der Waals surface area contributed by atoms with Crippen molar-refractivity contribution in [2.24, 2.45) is 5.41 Å². The van der Waals surface area contributed by atoms with Crippen molar-refractivity contribution in [1.29, 1.82) is 0 Å². The topological polar surface area (TPSA) is 0 Å². The van der Waals surface area contributed by atoms with Crippen molar-refractivity contribution in [1.82, 2.24) is 0 Å². The van der Waals surface area contributed by atoms with Gasteiger partial charge in [0.1, 0.15) is 0 Å². The van der Waals surface area contributed by atoms with Crippen LogP contribution in [-0.4, -0.2) is 23.1 Å². The van der Waals surface area contributed by atoms with E-state index in [4.69, 9.17) is 0 Å². The van der Waals surface area contributed by atoms with Gasteiger partial charge in [0.05, 0.1) is 0 Å². The van der Waals surface area contributed by atoms with Crippen molar-refractivity contribution >= 4 is 35.5 Å². The van der Waals surface area contributed by atoms with Gasteiger partial charge in [-0.3, -0.25) is 0 Å². The van der Waals surface area contributed by atoms with Crippen LogP contribution in [0.1, 0.15) is 45.6 Å². The van der Waals surface area contributed by atoms with Gasteiger partial charge >= 0.3 is 23.1 Å². The maximum Gasteiger partial charge on any atom is 2.00 e. The van der Waals surface area contributed by atoms with Crippen LogP contribution in [0, 0.1) is 19.3 Å². The summed E-state index contributed by atoms with van der Waals surface area (Å²) in [5, 5.41) is 0. The Bertz CT molecular complexity index is 239. The number of hydrogen-bond donors (Lipinski definition) is 0. The summed E-state index contributed by atoms with van der Waals surface area (Å²) in [6, 6.07) is 9.87. The molecule has 0 amide bonds. The third-order valence-corrected chi connectivity index (χ3v) is 2.02. The summed E-state index contributed by atoms with van der Waals surface area (Å²) in [4.78, 5) is 0. The van der Waals surface area contributed by atoms with Crippen molar-refractivity contribution < 1.29 is 0 Å². The van der Waals surface area contributed by atoms with Gasteiger partial charge in [0.2, 0.25) is 0 Å². The van der Waals surface area contributed by atoms with Crippen molar-refractivity contribution in [3.63, 3.8) is 0 Å². The SMILES string of the molecule is Cl.[CH2-]CCCC(C)(C)C.[CH2-]c1ccccc1.[Mg+2]. The first-order valence-electron chi connectivity index (χ1n) is 5.62. The van der Waals surface area contributed by atoms with Crippen LogP contribution in [0.15, 0.2) is 30.3 Å². The summed E-state index contributed by atoms with van der Waals surface area (Å²) in [6.45, 7) is 14.3. The Morgan fingerprint density at radius 1 is 1.06 bits per heavy atom. The summed E-state index contributed by atoms with van der Waals surface area (Å²) in [5.41, 5.74) is 1.58. The monoisotopic (exact) mass is 264 g/mol. The molecular weight excluding hydrogens is 240 g/mol. The summed E-state index contributed by atoms with van der Waals surface area (Å²) in [7, 11) is 0. The number of benzene rings is 1. The van der Waals surface area contributed by atoms with E-state index < -0.39 is 0 Å². The molecule has 0 radical (unpaired) electrons.